The lowest BCUT2D eigenvalue weighted by Crippen LogP contribution is -2.19. The van der Waals surface area contributed by atoms with Gasteiger partial charge in [-0.2, -0.15) is 0 Å². The molecule has 0 amide bonds. The predicted octanol–water partition coefficient (Wildman–Crippen LogP) is 10.8. The lowest BCUT2D eigenvalue weighted by Gasteiger charge is -2.28. The number of aryl methyl sites for hydroxylation is 1. The first-order valence-electron chi connectivity index (χ1n) is 16.8. The van der Waals surface area contributed by atoms with Gasteiger partial charge in [0.15, 0.2) is 0 Å². The van der Waals surface area contributed by atoms with Crippen molar-refractivity contribution in [3.8, 4) is 23.0 Å². The second-order valence-electron chi connectivity index (χ2n) is 17.8. The van der Waals surface area contributed by atoms with Gasteiger partial charge in [0.1, 0.15) is 23.0 Å². The summed E-state index contributed by atoms with van der Waals surface area (Å²) >= 11 is 0. The minimum atomic E-state index is -0.275. The van der Waals surface area contributed by atoms with E-state index in [9.17, 15) is 15.0 Å². The molecule has 0 bridgehead atoms. The number of methoxy groups -OCH3 is 1. The van der Waals surface area contributed by atoms with E-state index in [-0.39, 0.29) is 39.5 Å². The van der Waals surface area contributed by atoms with Crippen molar-refractivity contribution >= 4 is 5.97 Å². The predicted molar refractivity (Wildman–Crippen MR) is 197 cm³/mol. The number of hydrogen-bond acceptors (Lipinski definition) is 5. The second kappa shape index (κ2) is 14.3. The first-order valence-corrected chi connectivity index (χ1v) is 16.8. The zero-order valence-corrected chi connectivity index (χ0v) is 32.2. The van der Waals surface area contributed by atoms with E-state index < -0.39 is 0 Å². The molecule has 0 atom stereocenters. The van der Waals surface area contributed by atoms with Gasteiger partial charge >= 0.3 is 5.97 Å². The molecule has 0 saturated heterocycles. The minimum Gasteiger partial charge on any atom is -0.507 e. The van der Waals surface area contributed by atoms with E-state index in [4.69, 9.17) is 9.47 Å². The molecule has 0 spiro atoms. The SMILES string of the molecule is CC(C)(C)c1cccc(C(C)(C)C)c1O.COc1ccc(OC(=O)CCc2cc(C(C)(C)C)c(O)c(C(C)(C)C)c2)c(C(C)(C)C)c1. The molecule has 0 aromatic heterocycles. The second-order valence-corrected chi connectivity index (χ2v) is 17.8. The molecule has 0 radical (unpaired) electrons. The number of phenols is 2. The molecular formula is C42H62O5. The van der Waals surface area contributed by atoms with Crippen molar-refractivity contribution in [2.45, 2.75) is 144 Å². The molecule has 0 fully saturated rings. The third kappa shape index (κ3) is 10.8. The highest BCUT2D eigenvalue weighted by Gasteiger charge is 2.28. The lowest BCUT2D eigenvalue weighted by atomic mass is 9.78. The normalized spacial score (nSPS) is 12.7. The standard InChI is InChI=1S/C28H40O4.C14H22O/c1-26(2,3)20-17-19(31-10)12-13-23(20)32-24(29)14-11-18-15-21(27(4,5)6)25(30)22(16-18)28(7,8)9;1-13(2,3)10-8-7-9-11(12(10)15)14(4,5)6/h12-13,15-17,30H,11,14H2,1-10H3;7-9,15H,1-6H3. The van der Waals surface area contributed by atoms with Gasteiger partial charge in [0.2, 0.25) is 0 Å². The van der Waals surface area contributed by atoms with Crippen LogP contribution in [-0.4, -0.2) is 23.3 Å². The molecule has 3 aromatic carbocycles. The third-order valence-electron chi connectivity index (χ3n) is 8.27. The van der Waals surface area contributed by atoms with Crippen LogP contribution in [0.2, 0.25) is 0 Å². The number of aromatic hydroxyl groups is 2. The number of hydrogen-bond donors (Lipinski definition) is 2. The van der Waals surface area contributed by atoms with Gasteiger partial charge in [-0.3, -0.25) is 4.79 Å². The van der Waals surface area contributed by atoms with Crippen LogP contribution < -0.4 is 9.47 Å². The van der Waals surface area contributed by atoms with E-state index in [1.807, 2.05) is 42.5 Å². The Morgan fingerprint density at radius 1 is 0.574 bits per heavy atom. The van der Waals surface area contributed by atoms with Gasteiger partial charge in [0, 0.05) is 12.0 Å². The van der Waals surface area contributed by atoms with Crippen LogP contribution in [0.1, 0.15) is 144 Å². The summed E-state index contributed by atoms with van der Waals surface area (Å²) in [5.74, 6) is 1.84. The van der Waals surface area contributed by atoms with Gasteiger partial charge in [-0.1, -0.05) is 134 Å². The van der Waals surface area contributed by atoms with E-state index in [0.29, 0.717) is 23.7 Å². The number of phenolic OH excluding ortho intramolecular Hbond substituents is 2. The van der Waals surface area contributed by atoms with Gasteiger partial charge in [-0.25, -0.2) is 0 Å². The largest absolute Gasteiger partial charge is 0.507 e. The number of rotatable bonds is 5. The molecule has 5 heteroatoms. The smallest absolute Gasteiger partial charge is 0.311 e. The van der Waals surface area contributed by atoms with Crippen molar-refractivity contribution < 1.29 is 24.5 Å². The third-order valence-corrected chi connectivity index (χ3v) is 8.27. The van der Waals surface area contributed by atoms with E-state index >= 15 is 0 Å². The quantitative estimate of drug-likeness (QED) is 0.213. The van der Waals surface area contributed by atoms with Crippen LogP contribution in [0.4, 0.5) is 0 Å². The Balaban J connectivity index is 0.000000427. The molecule has 2 N–H and O–H groups in total. The number of ether oxygens (including phenoxy) is 2. The van der Waals surface area contributed by atoms with Crippen molar-refractivity contribution in [2.75, 3.05) is 7.11 Å². The van der Waals surface area contributed by atoms with E-state index in [1.165, 1.54) is 0 Å². The summed E-state index contributed by atoms with van der Waals surface area (Å²) in [6, 6.07) is 15.6. The number of para-hydroxylation sites is 1. The van der Waals surface area contributed by atoms with Crippen LogP contribution in [0.15, 0.2) is 48.5 Å². The van der Waals surface area contributed by atoms with E-state index in [0.717, 1.165) is 39.1 Å². The fourth-order valence-electron chi connectivity index (χ4n) is 5.47. The highest BCUT2D eigenvalue weighted by molar-refractivity contribution is 5.73. The molecule has 0 heterocycles. The number of carbonyl (C=O) groups is 1. The van der Waals surface area contributed by atoms with E-state index in [1.54, 1.807) is 13.2 Å². The van der Waals surface area contributed by atoms with Gasteiger partial charge in [0.25, 0.3) is 0 Å². The maximum atomic E-state index is 12.7. The summed E-state index contributed by atoms with van der Waals surface area (Å²) < 4.78 is 11.1. The van der Waals surface area contributed by atoms with Gasteiger partial charge in [-0.15, -0.1) is 0 Å². The first-order chi connectivity index (χ1) is 21.2. The average Bonchev–Trinajstić information content (AvgIpc) is 2.90. The maximum Gasteiger partial charge on any atom is 0.311 e. The Morgan fingerprint density at radius 2 is 0.979 bits per heavy atom. The lowest BCUT2D eigenvalue weighted by molar-refractivity contribution is -0.134. The monoisotopic (exact) mass is 646 g/mol. The fourth-order valence-corrected chi connectivity index (χ4v) is 5.47. The number of benzene rings is 3. The zero-order chi connectivity index (χ0) is 36.3. The van der Waals surface area contributed by atoms with Gasteiger partial charge < -0.3 is 19.7 Å². The van der Waals surface area contributed by atoms with Crippen molar-refractivity contribution in [3.05, 3.63) is 81.9 Å². The van der Waals surface area contributed by atoms with Crippen LogP contribution in [0.5, 0.6) is 23.0 Å². The summed E-state index contributed by atoms with van der Waals surface area (Å²) in [4.78, 5) is 12.7. The minimum absolute atomic E-state index is 0.00859. The summed E-state index contributed by atoms with van der Waals surface area (Å²) in [6.45, 7) is 31.5. The van der Waals surface area contributed by atoms with E-state index in [2.05, 4.69) is 104 Å². The Labute approximate surface area is 285 Å². The molecule has 5 nitrogen and oxygen atoms in total. The van der Waals surface area contributed by atoms with Gasteiger partial charge in [-0.05, 0) is 79.5 Å². The topological polar surface area (TPSA) is 76.0 Å². The van der Waals surface area contributed by atoms with Crippen LogP contribution in [0.25, 0.3) is 0 Å². The Hall–Kier alpha value is -3.47. The molecule has 0 saturated carbocycles. The molecule has 3 rings (SSSR count). The van der Waals surface area contributed by atoms with Crippen molar-refractivity contribution in [1.82, 2.24) is 0 Å². The Morgan fingerprint density at radius 3 is 1.36 bits per heavy atom. The molecular weight excluding hydrogens is 584 g/mol. The Kier molecular flexibility index (Phi) is 12.1. The first kappa shape index (κ1) is 39.7. The fraction of sp³-hybridized carbons (Fsp3) is 0.548. The number of esters is 1. The number of carbonyl (C=O) groups excluding carboxylic acids is 1. The molecule has 0 aliphatic rings. The molecule has 3 aromatic rings. The molecule has 0 aliphatic heterocycles. The Bertz CT molecular complexity index is 1460. The van der Waals surface area contributed by atoms with Crippen LogP contribution in [-0.2, 0) is 38.3 Å². The van der Waals surface area contributed by atoms with Crippen LogP contribution >= 0.6 is 0 Å². The van der Waals surface area contributed by atoms with Crippen molar-refractivity contribution in [2.24, 2.45) is 0 Å². The average molecular weight is 647 g/mol. The molecule has 260 valence electrons. The van der Waals surface area contributed by atoms with Crippen LogP contribution in [0.3, 0.4) is 0 Å². The molecule has 47 heavy (non-hydrogen) atoms. The van der Waals surface area contributed by atoms with Crippen molar-refractivity contribution in [1.29, 1.82) is 0 Å². The van der Waals surface area contributed by atoms with Gasteiger partial charge in [0.05, 0.1) is 7.11 Å². The molecule has 0 unspecified atom stereocenters. The summed E-state index contributed by atoms with van der Waals surface area (Å²) in [7, 11) is 1.63. The van der Waals surface area contributed by atoms with Crippen molar-refractivity contribution in [3.63, 3.8) is 0 Å². The zero-order valence-electron chi connectivity index (χ0n) is 32.2. The van der Waals surface area contributed by atoms with Crippen LogP contribution in [0, 0.1) is 0 Å². The summed E-state index contributed by atoms with van der Waals surface area (Å²) in [5.41, 5.74) is 5.19. The molecule has 0 aliphatic carbocycles. The maximum absolute atomic E-state index is 12.7. The summed E-state index contributed by atoms with van der Waals surface area (Å²) in [5, 5.41) is 21.2. The summed E-state index contributed by atoms with van der Waals surface area (Å²) in [6.07, 6.45) is 0.805. The highest BCUT2D eigenvalue weighted by Crippen LogP contribution is 2.41. The highest BCUT2D eigenvalue weighted by atomic mass is 16.5.